The van der Waals surface area contributed by atoms with Crippen LogP contribution >= 0.6 is 0 Å². The molecule has 1 aliphatic heterocycles. The van der Waals surface area contributed by atoms with E-state index in [1.807, 2.05) is 24.4 Å². The second-order valence-electron chi connectivity index (χ2n) is 3.08. The molecule has 0 unspecified atom stereocenters. The standard InChI is InChI=1S/C11H12N2/c1-13-9-5-3-7-11(13)10-6-2-4-8-12-10/h2-8H,9H2,1H3. The summed E-state index contributed by atoms with van der Waals surface area (Å²) in [7, 11) is 2.07. The first-order chi connectivity index (χ1) is 6.38. The fourth-order valence-electron chi connectivity index (χ4n) is 1.40. The topological polar surface area (TPSA) is 16.1 Å². The van der Waals surface area contributed by atoms with Gasteiger partial charge in [-0.3, -0.25) is 4.98 Å². The van der Waals surface area contributed by atoms with Gasteiger partial charge in [0, 0.05) is 19.8 Å². The van der Waals surface area contributed by atoms with Gasteiger partial charge in [0.2, 0.25) is 0 Å². The van der Waals surface area contributed by atoms with E-state index in [0.717, 1.165) is 12.2 Å². The summed E-state index contributed by atoms with van der Waals surface area (Å²) < 4.78 is 0. The molecule has 0 saturated carbocycles. The lowest BCUT2D eigenvalue weighted by Gasteiger charge is -2.22. The van der Waals surface area contributed by atoms with Crippen LogP contribution in [0.1, 0.15) is 5.69 Å². The van der Waals surface area contributed by atoms with Crippen molar-refractivity contribution in [1.82, 2.24) is 9.88 Å². The second-order valence-corrected chi connectivity index (χ2v) is 3.08. The molecule has 0 saturated heterocycles. The molecule has 0 atom stereocenters. The third-order valence-electron chi connectivity index (χ3n) is 2.11. The molecule has 0 spiro atoms. The van der Waals surface area contributed by atoms with Crippen LogP contribution in [0.4, 0.5) is 0 Å². The smallest absolute Gasteiger partial charge is 0.0863 e. The minimum Gasteiger partial charge on any atom is -0.369 e. The van der Waals surface area contributed by atoms with Crippen molar-refractivity contribution < 1.29 is 0 Å². The summed E-state index contributed by atoms with van der Waals surface area (Å²) in [5, 5.41) is 0. The zero-order valence-corrected chi connectivity index (χ0v) is 7.64. The molecule has 2 heteroatoms. The van der Waals surface area contributed by atoms with E-state index >= 15 is 0 Å². The van der Waals surface area contributed by atoms with Crippen LogP contribution in [0.15, 0.2) is 42.6 Å². The van der Waals surface area contributed by atoms with E-state index in [2.05, 4.69) is 35.2 Å². The molecule has 2 heterocycles. The number of rotatable bonds is 1. The van der Waals surface area contributed by atoms with E-state index < -0.39 is 0 Å². The number of hydrogen-bond donors (Lipinski definition) is 0. The summed E-state index contributed by atoms with van der Waals surface area (Å²) in [6.07, 6.45) is 8.12. The third kappa shape index (κ3) is 1.61. The predicted octanol–water partition coefficient (Wildman–Crippen LogP) is 1.92. The minimum absolute atomic E-state index is 0.961. The van der Waals surface area contributed by atoms with Crippen LogP contribution in [0.5, 0.6) is 0 Å². The maximum Gasteiger partial charge on any atom is 0.0863 e. The van der Waals surface area contributed by atoms with E-state index in [4.69, 9.17) is 0 Å². The Balaban J connectivity index is 2.35. The van der Waals surface area contributed by atoms with Crippen LogP contribution < -0.4 is 0 Å². The summed E-state index contributed by atoms with van der Waals surface area (Å²) in [4.78, 5) is 6.49. The minimum atomic E-state index is 0.961. The SMILES string of the molecule is CN1CC=CC=C1c1ccccn1. The molecular weight excluding hydrogens is 160 g/mol. The van der Waals surface area contributed by atoms with Crippen molar-refractivity contribution in [2.45, 2.75) is 0 Å². The van der Waals surface area contributed by atoms with Gasteiger partial charge in [-0.05, 0) is 18.2 Å². The zero-order valence-electron chi connectivity index (χ0n) is 7.64. The number of allylic oxidation sites excluding steroid dienone is 2. The van der Waals surface area contributed by atoms with Crippen molar-refractivity contribution in [3.63, 3.8) is 0 Å². The van der Waals surface area contributed by atoms with Gasteiger partial charge in [-0.2, -0.15) is 0 Å². The largest absolute Gasteiger partial charge is 0.369 e. The Kier molecular flexibility index (Phi) is 2.13. The summed E-state index contributed by atoms with van der Waals surface area (Å²) in [5.74, 6) is 0. The molecule has 1 aliphatic rings. The van der Waals surface area contributed by atoms with Gasteiger partial charge < -0.3 is 4.90 Å². The van der Waals surface area contributed by atoms with Crippen molar-refractivity contribution in [2.24, 2.45) is 0 Å². The van der Waals surface area contributed by atoms with E-state index in [9.17, 15) is 0 Å². The molecule has 0 amide bonds. The molecular formula is C11H12N2. The number of pyridine rings is 1. The maximum absolute atomic E-state index is 4.31. The quantitative estimate of drug-likeness (QED) is 0.643. The van der Waals surface area contributed by atoms with Crippen LogP contribution in [0.3, 0.4) is 0 Å². The van der Waals surface area contributed by atoms with Crippen molar-refractivity contribution in [3.8, 4) is 0 Å². The van der Waals surface area contributed by atoms with Crippen LogP contribution in [0.2, 0.25) is 0 Å². The molecule has 0 N–H and O–H groups in total. The van der Waals surface area contributed by atoms with Crippen LogP contribution in [0.25, 0.3) is 5.70 Å². The lowest BCUT2D eigenvalue weighted by Crippen LogP contribution is -2.19. The monoisotopic (exact) mass is 172 g/mol. The van der Waals surface area contributed by atoms with Crippen molar-refractivity contribution in [1.29, 1.82) is 0 Å². The first kappa shape index (κ1) is 8.05. The van der Waals surface area contributed by atoms with Gasteiger partial charge in [-0.25, -0.2) is 0 Å². The summed E-state index contributed by atoms with van der Waals surface area (Å²) in [6.45, 7) is 0.961. The zero-order chi connectivity index (χ0) is 9.10. The highest BCUT2D eigenvalue weighted by molar-refractivity contribution is 5.63. The fraction of sp³-hybridized carbons (Fsp3) is 0.182. The Labute approximate surface area is 78.2 Å². The van der Waals surface area contributed by atoms with Crippen molar-refractivity contribution >= 4 is 5.70 Å². The van der Waals surface area contributed by atoms with Gasteiger partial charge in [-0.1, -0.05) is 18.2 Å². The summed E-state index contributed by atoms with van der Waals surface area (Å²) in [6, 6.07) is 5.97. The fourth-order valence-corrected chi connectivity index (χ4v) is 1.40. The molecule has 0 fully saturated rings. The second kappa shape index (κ2) is 3.44. The molecule has 0 aromatic carbocycles. The summed E-state index contributed by atoms with van der Waals surface area (Å²) >= 11 is 0. The van der Waals surface area contributed by atoms with Gasteiger partial charge >= 0.3 is 0 Å². The average Bonchev–Trinajstić information content (AvgIpc) is 2.20. The highest BCUT2D eigenvalue weighted by Gasteiger charge is 2.08. The average molecular weight is 172 g/mol. The molecule has 0 radical (unpaired) electrons. The van der Waals surface area contributed by atoms with E-state index in [-0.39, 0.29) is 0 Å². The Hall–Kier alpha value is -1.57. The maximum atomic E-state index is 4.31. The third-order valence-corrected chi connectivity index (χ3v) is 2.11. The van der Waals surface area contributed by atoms with Gasteiger partial charge in [0.15, 0.2) is 0 Å². The van der Waals surface area contributed by atoms with Gasteiger partial charge in [0.1, 0.15) is 0 Å². The molecule has 13 heavy (non-hydrogen) atoms. The highest BCUT2D eigenvalue weighted by atomic mass is 15.1. The van der Waals surface area contributed by atoms with Crippen LogP contribution in [-0.4, -0.2) is 23.5 Å². The Morgan fingerprint density at radius 1 is 1.38 bits per heavy atom. The Morgan fingerprint density at radius 2 is 2.31 bits per heavy atom. The Morgan fingerprint density at radius 3 is 3.00 bits per heavy atom. The molecule has 0 aliphatic carbocycles. The van der Waals surface area contributed by atoms with Crippen molar-refractivity contribution in [2.75, 3.05) is 13.6 Å². The number of hydrogen-bond acceptors (Lipinski definition) is 2. The molecule has 1 aromatic rings. The number of nitrogens with zero attached hydrogens (tertiary/aromatic N) is 2. The lowest BCUT2D eigenvalue weighted by atomic mass is 10.2. The molecule has 2 nitrogen and oxygen atoms in total. The van der Waals surface area contributed by atoms with E-state index in [1.165, 1.54) is 5.70 Å². The predicted molar refractivity (Wildman–Crippen MR) is 54.0 cm³/mol. The summed E-state index contributed by atoms with van der Waals surface area (Å²) in [5.41, 5.74) is 2.22. The van der Waals surface area contributed by atoms with E-state index in [1.54, 1.807) is 0 Å². The van der Waals surface area contributed by atoms with Crippen molar-refractivity contribution in [3.05, 3.63) is 48.3 Å². The van der Waals surface area contributed by atoms with Gasteiger partial charge in [-0.15, -0.1) is 0 Å². The first-order valence-corrected chi connectivity index (χ1v) is 4.37. The van der Waals surface area contributed by atoms with Crippen LogP contribution in [0, 0.1) is 0 Å². The molecule has 1 aromatic heterocycles. The van der Waals surface area contributed by atoms with Gasteiger partial charge in [0.05, 0.1) is 11.4 Å². The number of aromatic nitrogens is 1. The molecule has 0 bridgehead atoms. The van der Waals surface area contributed by atoms with E-state index in [0.29, 0.717) is 0 Å². The lowest BCUT2D eigenvalue weighted by molar-refractivity contribution is 0.529. The van der Waals surface area contributed by atoms with Crippen LogP contribution in [-0.2, 0) is 0 Å². The molecule has 66 valence electrons. The number of likely N-dealkylation sites (N-methyl/N-ethyl adjacent to an activating group) is 1. The first-order valence-electron chi connectivity index (χ1n) is 4.37. The normalized spacial score (nSPS) is 15.8. The molecule has 2 rings (SSSR count). The highest BCUT2D eigenvalue weighted by Crippen LogP contribution is 2.17. The Bertz CT molecular complexity index is 338. The van der Waals surface area contributed by atoms with Gasteiger partial charge in [0.25, 0.3) is 0 Å².